The molecule has 180 valence electrons. The lowest BCUT2D eigenvalue weighted by Gasteiger charge is -2.27. The first-order chi connectivity index (χ1) is 16.8. The van der Waals surface area contributed by atoms with Gasteiger partial charge in [0.2, 0.25) is 0 Å². The molecule has 4 aromatic rings. The lowest BCUT2D eigenvalue weighted by atomic mass is 9.94. The molecule has 0 radical (unpaired) electrons. The molecular weight excluding hydrogens is 424 g/mol. The van der Waals surface area contributed by atoms with Crippen molar-refractivity contribution in [2.24, 2.45) is 0 Å². The third kappa shape index (κ3) is 6.10. The molecule has 1 nitrogen and oxygen atoms in total. The molecule has 0 aliphatic rings. The van der Waals surface area contributed by atoms with Crippen molar-refractivity contribution >= 4 is 0 Å². The fourth-order valence-corrected chi connectivity index (χ4v) is 4.61. The van der Waals surface area contributed by atoms with E-state index in [1.165, 1.54) is 44.5 Å². The normalized spacial score (nSPS) is 13.3. The van der Waals surface area contributed by atoms with Crippen molar-refractivity contribution in [1.82, 2.24) is 0 Å². The Bertz CT molecular complexity index is 1130. The smallest absolute Gasteiger partial charge is 0.109 e. The molecule has 0 fully saturated rings. The molecule has 1 heteroatoms. The van der Waals surface area contributed by atoms with Gasteiger partial charge in [0.1, 0.15) is 12.2 Å². The summed E-state index contributed by atoms with van der Waals surface area (Å²) in [6, 6.07) is 35.3. The quantitative estimate of drug-likeness (QED) is 0.253. The third-order valence-corrected chi connectivity index (χ3v) is 6.77. The van der Waals surface area contributed by atoms with Gasteiger partial charge in [0.05, 0.1) is 0 Å². The molecule has 0 spiro atoms. The summed E-state index contributed by atoms with van der Waals surface area (Å²) in [6.07, 6.45) is -0.349. The van der Waals surface area contributed by atoms with Gasteiger partial charge < -0.3 is 4.74 Å². The summed E-state index contributed by atoms with van der Waals surface area (Å²) in [5.41, 5.74) is 9.88. The van der Waals surface area contributed by atoms with Crippen LogP contribution in [0.2, 0.25) is 0 Å². The van der Waals surface area contributed by atoms with Crippen molar-refractivity contribution in [3.8, 4) is 0 Å². The van der Waals surface area contributed by atoms with Gasteiger partial charge in [-0.05, 0) is 59.1 Å². The number of aryl methyl sites for hydroxylation is 2. The topological polar surface area (TPSA) is 9.23 Å². The second-order valence-electron chi connectivity index (χ2n) is 10.4. The average molecular weight is 463 g/mol. The van der Waals surface area contributed by atoms with Crippen molar-refractivity contribution in [3.63, 3.8) is 0 Å². The molecule has 4 aromatic carbocycles. The van der Waals surface area contributed by atoms with Gasteiger partial charge in [0, 0.05) is 0 Å². The molecule has 0 aromatic heterocycles. The van der Waals surface area contributed by atoms with E-state index in [1.54, 1.807) is 0 Å². The number of benzene rings is 4. The fraction of sp³-hybridized carbons (Fsp3) is 0.294. The van der Waals surface area contributed by atoms with E-state index in [9.17, 15) is 0 Å². The molecule has 2 atom stereocenters. The van der Waals surface area contributed by atoms with Gasteiger partial charge in [0.25, 0.3) is 0 Å². The van der Waals surface area contributed by atoms with Crippen molar-refractivity contribution in [2.75, 3.05) is 0 Å². The Morgan fingerprint density at radius 2 is 0.771 bits per heavy atom. The number of rotatable bonds is 8. The van der Waals surface area contributed by atoms with Crippen molar-refractivity contribution in [3.05, 3.63) is 142 Å². The summed E-state index contributed by atoms with van der Waals surface area (Å²) >= 11 is 0. The molecule has 0 N–H and O–H groups in total. The Morgan fingerprint density at radius 3 is 1.09 bits per heavy atom. The van der Waals surface area contributed by atoms with Gasteiger partial charge in [0.15, 0.2) is 0 Å². The van der Waals surface area contributed by atoms with Gasteiger partial charge in [-0.15, -0.1) is 0 Å². The molecule has 0 heterocycles. The van der Waals surface area contributed by atoms with E-state index in [4.69, 9.17) is 4.74 Å². The molecule has 35 heavy (non-hydrogen) atoms. The zero-order valence-corrected chi connectivity index (χ0v) is 22.0. The molecule has 0 saturated carbocycles. The summed E-state index contributed by atoms with van der Waals surface area (Å²) in [5, 5.41) is 0. The maximum Gasteiger partial charge on any atom is 0.109 e. The molecule has 0 aliphatic carbocycles. The van der Waals surface area contributed by atoms with Crippen LogP contribution in [0.25, 0.3) is 0 Å². The first kappa shape index (κ1) is 24.9. The van der Waals surface area contributed by atoms with E-state index in [-0.39, 0.29) is 12.2 Å². The van der Waals surface area contributed by atoms with Crippen LogP contribution >= 0.6 is 0 Å². The molecular formula is C34H38O. The van der Waals surface area contributed by atoms with Crippen LogP contribution in [0.5, 0.6) is 0 Å². The summed E-state index contributed by atoms with van der Waals surface area (Å²) in [6.45, 7) is 13.2. The van der Waals surface area contributed by atoms with E-state index in [1.807, 2.05) is 0 Å². The molecule has 2 unspecified atom stereocenters. The predicted octanol–water partition coefficient (Wildman–Crippen LogP) is 9.45. The van der Waals surface area contributed by atoms with Crippen LogP contribution in [0.3, 0.4) is 0 Å². The van der Waals surface area contributed by atoms with Crippen LogP contribution in [0.4, 0.5) is 0 Å². The second kappa shape index (κ2) is 11.1. The first-order valence-electron chi connectivity index (χ1n) is 12.8. The van der Waals surface area contributed by atoms with E-state index < -0.39 is 0 Å². The van der Waals surface area contributed by atoms with Gasteiger partial charge in [-0.3, -0.25) is 0 Å². The Balaban J connectivity index is 1.80. The van der Waals surface area contributed by atoms with Gasteiger partial charge in [-0.25, -0.2) is 0 Å². The van der Waals surface area contributed by atoms with E-state index in [0.29, 0.717) is 11.8 Å². The van der Waals surface area contributed by atoms with Crippen LogP contribution in [-0.2, 0) is 4.74 Å². The minimum Gasteiger partial charge on any atom is -0.356 e. The first-order valence-corrected chi connectivity index (χ1v) is 12.8. The van der Waals surface area contributed by atoms with Crippen LogP contribution in [0, 0.1) is 13.8 Å². The zero-order valence-electron chi connectivity index (χ0n) is 22.0. The summed E-state index contributed by atoms with van der Waals surface area (Å²) in [4.78, 5) is 0. The van der Waals surface area contributed by atoms with Crippen LogP contribution in [0.15, 0.2) is 97.1 Å². The van der Waals surface area contributed by atoms with E-state index >= 15 is 0 Å². The Hall–Kier alpha value is -3.16. The highest BCUT2D eigenvalue weighted by atomic mass is 16.5. The van der Waals surface area contributed by atoms with Crippen LogP contribution in [0.1, 0.15) is 96.2 Å². The van der Waals surface area contributed by atoms with Crippen molar-refractivity contribution in [2.45, 2.75) is 65.6 Å². The average Bonchev–Trinajstić information content (AvgIpc) is 2.85. The van der Waals surface area contributed by atoms with Crippen molar-refractivity contribution < 1.29 is 4.74 Å². The SMILES string of the molecule is Cc1cccc(C(OC(c2ccc(C(C)C)cc2)c2cccc(C)c2)c2ccc(C(C)C)cc2)c1. The molecule has 0 amide bonds. The highest BCUT2D eigenvalue weighted by molar-refractivity contribution is 5.38. The highest BCUT2D eigenvalue weighted by Crippen LogP contribution is 2.37. The molecule has 4 rings (SSSR count). The maximum atomic E-state index is 7.11. The number of hydrogen-bond donors (Lipinski definition) is 0. The lowest BCUT2D eigenvalue weighted by molar-refractivity contribution is 0.0308. The Kier molecular flexibility index (Phi) is 7.88. The number of ether oxygens (including phenoxy) is 1. The van der Waals surface area contributed by atoms with Gasteiger partial charge in [-0.1, -0.05) is 136 Å². The molecule has 0 saturated heterocycles. The summed E-state index contributed by atoms with van der Waals surface area (Å²) < 4.78 is 7.11. The monoisotopic (exact) mass is 462 g/mol. The van der Waals surface area contributed by atoms with Gasteiger partial charge >= 0.3 is 0 Å². The predicted molar refractivity (Wildman–Crippen MR) is 148 cm³/mol. The minimum atomic E-state index is -0.175. The lowest BCUT2D eigenvalue weighted by Crippen LogP contribution is -2.14. The highest BCUT2D eigenvalue weighted by Gasteiger charge is 2.24. The summed E-state index contributed by atoms with van der Waals surface area (Å²) in [7, 11) is 0. The second-order valence-corrected chi connectivity index (χ2v) is 10.4. The molecule has 0 bridgehead atoms. The molecule has 0 aliphatic heterocycles. The van der Waals surface area contributed by atoms with Crippen LogP contribution < -0.4 is 0 Å². The van der Waals surface area contributed by atoms with Crippen LogP contribution in [-0.4, -0.2) is 0 Å². The Morgan fingerprint density at radius 1 is 0.429 bits per heavy atom. The van der Waals surface area contributed by atoms with Crippen molar-refractivity contribution in [1.29, 1.82) is 0 Å². The number of hydrogen-bond acceptors (Lipinski definition) is 1. The third-order valence-electron chi connectivity index (χ3n) is 6.77. The maximum absolute atomic E-state index is 7.11. The van der Waals surface area contributed by atoms with E-state index in [0.717, 1.165) is 0 Å². The zero-order chi connectivity index (χ0) is 24.9. The summed E-state index contributed by atoms with van der Waals surface area (Å²) in [5.74, 6) is 1.00. The standard InChI is InChI=1S/C34H38O/c1-23(2)27-13-17-29(18-14-27)33(31-11-7-9-25(5)21-31)35-34(32-12-8-10-26(6)22-32)30-19-15-28(16-20-30)24(3)4/h7-24,33-34H,1-6H3. The van der Waals surface area contributed by atoms with Gasteiger partial charge in [-0.2, -0.15) is 0 Å². The Labute approximate surface area is 211 Å². The van der Waals surface area contributed by atoms with E-state index in [2.05, 4.69) is 139 Å². The minimum absolute atomic E-state index is 0.175. The largest absolute Gasteiger partial charge is 0.356 e. The fourth-order valence-electron chi connectivity index (χ4n) is 4.61.